The first-order valence-corrected chi connectivity index (χ1v) is 5.00. The number of rotatable bonds is 2. The first kappa shape index (κ1) is 10.8. The molecule has 76 valence electrons. The van der Waals surface area contributed by atoms with Crippen molar-refractivity contribution in [3.05, 3.63) is 36.6 Å². The van der Waals surface area contributed by atoms with Gasteiger partial charge in [-0.05, 0) is 30.9 Å². The van der Waals surface area contributed by atoms with E-state index >= 15 is 0 Å². The van der Waals surface area contributed by atoms with Crippen molar-refractivity contribution in [2.24, 2.45) is 5.92 Å². The molecule has 0 aliphatic carbocycles. The van der Waals surface area contributed by atoms with Gasteiger partial charge < -0.3 is 5.32 Å². The highest BCUT2D eigenvalue weighted by Crippen LogP contribution is 2.23. The molecule has 1 aliphatic heterocycles. The molecule has 1 unspecified atom stereocenters. The Hall–Kier alpha value is -1.31. The zero-order chi connectivity index (χ0) is 10.6. The highest BCUT2D eigenvalue weighted by Gasteiger charge is 2.22. The molecule has 0 radical (unpaired) electrons. The number of allylic oxidation sites excluding steroid dienone is 3. The van der Waals surface area contributed by atoms with Crippen molar-refractivity contribution < 1.29 is 4.79 Å². The van der Waals surface area contributed by atoms with Crippen molar-refractivity contribution in [1.29, 1.82) is 0 Å². The molecule has 14 heavy (non-hydrogen) atoms. The summed E-state index contributed by atoms with van der Waals surface area (Å²) in [5.41, 5.74) is 1.81. The lowest BCUT2D eigenvalue weighted by molar-refractivity contribution is -0.124. The maximum atomic E-state index is 11.6. The van der Waals surface area contributed by atoms with Gasteiger partial charge >= 0.3 is 0 Å². The molecular formula is C12H17NO. The molecule has 1 rings (SSSR count). The van der Waals surface area contributed by atoms with Gasteiger partial charge in [-0.2, -0.15) is 0 Å². The molecule has 2 nitrogen and oxygen atoms in total. The predicted octanol–water partition coefficient (Wildman–Crippen LogP) is 2.55. The van der Waals surface area contributed by atoms with Crippen LogP contribution in [0.2, 0.25) is 0 Å². The Morgan fingerprint density at radius 1 is 1.64 bits per heavy atom. The Bertz CT molecular complexity index is 289. The monoisotopic (exact) mass is 191 g/mol. The van der Waals surface area contributed by atoms with Crippen LogP contribution in [0.3, 0.4) is 0 Å². The molecule has 0 aromatic rings. The molecule has 0 aromatic carbocycles. The maximum absolute atomic E-state index is 11.6. The number of nitrogens with one attached hydrogen (secondary N) is 1. The summed E-state index contributed by atoms with van der Waals surface area (Å²) in [4.78, 5) is 11.6. The second-order valence-corrected chi connectivity index (χ2v) is 3.55. The Balaban J connectivity index is 2.84. The van der Waals surface area contributed by atoms with Crippen molar-refractivity contribution in [1.82, 2.24) is 5.32 Å². The van der Waals surface area contributed by atoms with E-state index in [4.69, 9.17) is 0 Å². The van der Waals surface area contributed by atoms with Gasteiger partial charge in [0.05, 0.1) is 0 Å². The van der Waals surface area contributed by atoms with Gasteiger partial charge in [0.25, 0.3) is 0 Å². The summed E-state index contributed by atoms with van der Waals surface area (Å²) in [5.74, 6) is 0.238. The van der Waals surface area contributed by atoms with E-state index in [-0.39, 0.29) is 11.8 Å². The quantitative estimate of drug-likeness (QED) is 0.714. The van der Waals surface area contributed by atoms with E-state index in [1.807, 2.05) is 6.92 Å². The third kappa shape index (κ3) is 2.34. The van der Waals surface area contributed by atoms with Crippen molar-refractivity contribution >= 4 is 5.91 Å². The van der Waals surface area contributed by atoms with Gasteiger partial charge in [0.15, 0.2) is 0 Å². The third-order valence-corrected chi connectivity index (χ3v) is 2.58. The van der Waals surface area contributed by atoms with Crippen LogP contribution in [0.5, 0.6) is 0 Å². The Morgan fingerprint density at radius 3 is 2.93 bits per heavy atom. The van der Waals surface area contributed by atoms with Crippen LogP contribution in [0, 0.1) is 5.92 Å². The zero-order valence-corrected chi connectivity index (χ0v) is 8.68. The summed E-state index contributed by atoms with van der Waals surface area (Å²) in [6, 6.07) is 0. The molecule has 1 fully saturated rings. The molecule has 1 saturated heterocycles. The third-order valence-electron chi connectivity index (χ3n) is 2.58. The maximum Gasteiger partial charge on any atom is 0.227 e. The minimum absolute atomic E-state index is 0.110. The predicted molar refractivity (Wildman–Crippen MR) is 58.6 cm³/mol. The van der Waals surface area contributed by atoms with Crippen molar-refractivity contribution in [2.45, 2.75) is 26.2 Å². The molecular weight excluding hydrogens is 174 g/mol. The van der Waals surface area contributed by atoms with Crippen LogP contribution in [0.25, 0.3) is 0 Å². The molecule has 1 heterocycles. The average Bonchev–Trinajstić information content (AvgIpc) is 2.29. The number of hydrogen-bond acceptors (Lipinski definition) is 1. The van der Waals surface area contributed by atoms with Gasteiger partial charge in [-0.3, -0.25) is 4.79 Å². The normalized spacial score (nSPS) is 25.8. The molecule has 1 atom stereocenters. The lowest BCUT2D eigenvalue weighted by Gasteiger charge is -2.09. The van der Waals surface area contributed by atoms with Crippen LogP contribution in [-0.2, 0) is 4.79 Å². The van der Waals surface area contributed by atoms with Gasteiger partial charge in [-0.1, -0.05) is 26.2 Å². The fourth-order valence-electron chi connectivity index (χ4n) is 1.60. The first-order valence-electron chi connectivity index (χ1n) is 5.00. The molecule has 0 saturated carbocycles. The van der Waals surface area contributed by atoms with Gasteiger partial charge in [-0.25, -0.2) is 0 Å². The lowest BCUT2D eigenvalue weighted by atomic mass is 9.99. The summed E-state index contributed by atoms with van der Waals surface area (Å²) in [5, 5.41) is 2.88. The second-order valence-electron chi connectivity index (χ2n) is 3.55. The smallest absolute Gasteiger partial charge is 0.227 e. The first-order chi connectivity index (χ1) is 6.69. The van der Waals surface area contributed by atoms with E-state index in [9.17, 15) is 4.79 Å². The van der Waals surface area contributed by atoms with E-state index in [2.05, 4.69) is 18.5 Å². The van der Waals surface area contributed by atoms with Crippen molar-refractivity contribution in [2.75, 3.05) is 0 Å². The van der Waals surface area contributed by atoms with Crippen molar-refractivity contribution in [3.8, 4) is 0 Å². The van der Waals surface area contributed by atoms with Gasteiger partial charge in [-0.15, -0.1) is 0 Å². The van der Waals surface area contributed by atoms with Gasteiger partial charge in [0.2, 0.25) is 5.91 Å². The van der Waals surface area contributed by atoms with Crippen LogP contribution < -0.4 is 5.32 Å². The lowest BCUT2D eigenvalue weighted by Crippen LogP contribution is -2.27. The Kier molecular flexibility index (Phi) is 3.69. The fourth-order valence-corrected chi connectivity index (χ4v) is 1.60. The summed E-state index contributed by atoms with van der Waals surface area (Å²) >= 11 is 0. The van der Waals surface area contributed by atoms with Crippen LogP contribution in [0.1, 0.15) is 26.2 Å². The minimum Gasteiger partial charge on any atom is -0.326 e. The van der Waals surface area contributed by atoms with Gasteiger partial charge in [0, 0.05) is 11.6 Å². The molecule has 0 spiro atoms. The number of hydrogen-bond donors (Lipinski definition) is 1. The summed E-state index contributed by atoms with van der Waals surface area (Å²) in [6.07, 6.45) is 6.15. The van der Waals surface area contributed by atoms with E-state index in [0.717, 1.165) is 30.5 Å². The van der Waals surface area contributed by atoms with Gasteiger partial charge in [0.1, 0.15) is 0 Å². The average molecular weight is 191 g/mol. The summed E-state index contributed by atoms with van der Waals surface area (Å²) in [7, 11) is 0. The minimum atomic E-state index is 0.110. The summed E-state index contributed by atoms with van der Waals surface area (Å²) in [6.45, 7) is 9.60. The topological polar surface area (TPSA) is 29.1 Å². The highest BCUT2D eigenvalue weighted by molar-refractivity contribution is 5.81. The molecule has 1 N–H and O–H groups in total. The molecule has 1 aliphatic rings. The summed E-state index contributed by atoms with van der Waals surface area (Å²) < 4.78 is 0. The van der Waals surface area contributed by atoms with Crippen LogP contribution in [-0.4, -0.2) is 5.91 Å². The van der Waals surface area contributed by atoms with Crippen LogP contribution in [0.15, 0.2) is 36.6 Å². The number of carbonyl (C=O) groups is 1. The van der Waals surface area contributed by atoms with E-state index < -0.39 is 0 Å². The second kappa shape index (κ2) is 4.80. The zero-order valence-electron chi connectivity index (χ0n) is 8.68. The largest absolute Gasteiger partial charge is 0.326 e. The fraction of sp³-hybridized carbons (Fsp3) is 0.417. The van der Waals surface area contributed by atoms with E-state index in [1.165, 1.54) is 0 Å². The Morgan fingerprint density at radius 2 is 2.36 bits per heavy atom. The highest BCUT2D eigenvalue weighted by atomic mass is 16.1. The standard InChI is InChI=1S/C12H17NO/c1-4-6-11-9(3)7-8-10(5-2)12(14)13-11/h4,6,10H,1,3,5,7-8H2,2H3,(H,13,14)/b11-6+. The van der Waals surface area contributed by atoms with Crippen molar-refractivity contribution in [3.63, 3.8) is 0 Å². The Labute approximate surface area is 85.4 Å². The van der Waals surface area contributed by atoms with Crippen LogP contribution >= 0.6 is 0 Å². The van der Waals surface area contributed by atoms with E-state index in [0.29, 0.717) is 0 Å². The SMILES string of the molecule is C=C/C=C1/NC(=O)C(CC)CCC1=C. The van der Waals surface area contributed by atoms with Crippen LogP contribution in [0.4, 0.5) is 0 Å². The molecule has 2 heteroatoms. The number of amides is 1. The number of carbonyl (C=O) groups excluding carboxylic acids is 1. The molecule has 0 aromatic heterocycles. The molecule has 1 amide bonds. The van der Waals surface area contributed by atoms with E-state index in [1.54, 1.807) is 12.2 Å². The molecule has 0 bridgehead atoms.